The van der Waals surface area contributed by atoms with Crippen molar-refractivity contribution < 1.29 is 8.42 Å². The van der Waals surface area contributed by atoms with E-state index in [1.165, 1.54) is 11.1 Å². The predicted octanol–water partition coefficient (Wildman–Crippen LogP) is 2.30. The van der Waals surface area contributed by atoms with E-state index in [1.54, 1.807) is 0 Å². The first-order valence-electron chi connectivity index (χ1n) is 8.02. The highest BCUT2D eigenvalue weighted by molar-refractivity contribution is 7.91. The number of aryl methyl sites for hydroxylation is 2. The van der Waals surface area contributed by atoms with Crippen molar-refractivity contribution in [1.29, 1.82) is 0 Å². The quantitative estimate of drug-likeness (QED) is 0.864. The molecule has 1 aromatic carbocycles. The van der Waals surface area contributed by atoms with Crippen molar-refractivity contribution in [1.82, 2.24) is 9.97 Å². The van der Waals surface area contributed by atoms with Crippen LogP contribution in [0.25, 0.3) is 0 Å². The van der Waals surface area contributed by atoms with Gasteiger partial charge < -0.3 is 10.6 Å². The second kappa shape index (κ2) is 6.76. The average Bonchev–Trinajstić information content (AvgIpc) is 2.85. The molecule has 1 saturated heterocycles. The summed E-state index contributed by atoms with van der Waals surface area (Å²) in [7, 11) is -2.91. The lowest BCUT2D eigenvalue weighted by Gasteiger charge is -2.14. The Kier molecular flexibility index (Phi) is 4.71. The van der Waals surface area contributed by atoms with Crippen molar-refractivity contribution in [3.63, 3.8) is 0 Å². The SMILES string of the molecule is Cc1cc(NC2CCS(=O)(=O)C2)nc(NCc2ccccc2C)n1. The fourth-order valence-corrected chi connectivity index (χ4v) is 4.50. The smallest absolute Gasteiger partial charge is 0.225 e. The first kappa shape index (κ1) is 16.7. The molecule has 2 aromatic rings. The maximum Gasteiger partial charge on any atom is 0.225 e. The van der Waals surface area contributed by atoms with E-state index >= 15 is 0 Å². The number of nitrogens with zero attached hydrogens (tertiary/aromatic N) is 2. The van der Waals surface area contributed by atoms with Crippen molar-refractivity contribution in [3.05, 3.63) is 47.2 Å². The molecule has 24 heavy (non-hydrogen) atoms. The third-order valence-corrected chi connectivity index (χ3v) is 5.90. The Morgan fingerprint density at radius 2 is 2.00 bits per heavy atom. The molecule has 0 bridgehead atoms. The van der Waals surface area contributed by atoms with E-state index in [1.807, 2.05) is 25.1 Å². The molecule has 0 spiro atoms. The maximum absolute atomic E-state index is 11.6. The fraction of sp³-hybridized carbons (Fsp3) is 0.412. The summed E-state index contributed by atoms with van der Waals surface area (Å²) >= 11 is 0. The monoisotopic (exact) mass is 346 g/mol. The van der Waals surface area contributed by atoms with Crippen LogP contribution in [0.4, 0.5) is 11.8 Å². The van der Waals surface area contributed by atoms with Crippen molar-refractivity contribution in [2.75, 3.05) is 22.1 Å². The lowest BCUT2D eigenvalue weighted by Crippen LogP contribution is -2.21. The summed E-state index contributed by atoms with van der Waals surface area (Å²) in [6, 6.07) is 9.93. The van der Waals surface area contributed by atoms with Gasteiger partial charge in [-0.2, -0.15) is 4.98 Å². The standard InChI is InChI=1S/C17H22N4O2S/c1-12-5-3-4-6-14(12)10-18-17-19-13(2)9-16(21-17)20-15-7-8-24(22,23)11-15/h3-6,9,15H,7-8,10-11H2,1-2H3,(H2,18,19,20,21). The van der Waals surface area contributed by atoms with Crippen LogP contribution in [0.5, 0.6) is 0 Å². The molecule has 128 valence electrons. The minimum Gasteiger partial charge on any atom is -0.366 e. The molecule has 2 heterocycles. The van der Waals surface area contributed by atoms with Crippen molar-refractivity contribution >= 4 is 21.6 Å². The van der Waals surface area contributed by atoms with Crippen LogP contribution in [0.1, 0.15) is 23.2 Å². The largest absolute Gasteiger partial charge is 0.366 e. The van der Waals surface area contributed by atoms with E-state index in [4.69, 9.17) is 0 Å². The molecule has 1 aliphatic rings. The Hall–Kier alpha value is -2.15. The predicted molar refractivity (Wildman–Crippen MR) is 96.0 cm³/mol. The van der Waals surface area contributed by atoms with Gasteiger partial charge in [-0.1, -0.05) is 24.3 Å². The van der Waals surface area contributed by atoms with Crippen LogP contribution in [0, 0.1) is 13.8 Å². The molecular formula is C17H22N4O2S. The van der Waals surface area contributed by atoms with Crippen LogP contribution in [-0.2, 0) is 16.4 Å². The second-order valence-electron chi connectivity index (χ2n) is 6.24. The Labute approximate surface area is 142 Å². The molecular weight excluding hydrogens is 324 g/mol. The number of benzene rings is 1. The number of rotatable bonds is 5. The molecule has 3 rings (SSSR count). The van der Waals surface area contributed by atoms with E-state index in [-0.39, 0.29) is 17.5 Å². The zero-order valence-corrected chi connectivity index (χ0v) is 14.7. The van der Waals surface area contributed by atoms with E-state index in [9.17, 15) is 8.42 Å². The summed E-state index contributed by atoms with van der Waals surface area (Å²) in [5.41, 5.74) is 3.24. The van der Waals surface area contributed by atoms with Gasteiger partial charge in [0, 0.05) is 24.3 Å². The number of aromatic nitrogens is 2. The highest BCUT2D eigenvalue weighted by atomic mass is 32.2. The molecule has 7 heteroatoms. The lowest BCUT2D eigenvalue weighted by molar-refractivity contribution is 0.602. The summed E-state index contributed by atoms with van der Waals surface area (Å²) < 4.78 is 23.1. The first-order valence-corrected chi connectivity index (χ1v) is 9.84. The van der Waals surface area contributed by atoms with Gasteiger partial charge in [-0.05, 0) is 31.4 Å². The van der Waals surface area contributed by atoms with Gasteiger partial charge in [0.05, 0.1) is 11.5 Å². The highest BCUT2D eigenvalue weighted by Crippen LogP contribution is 2.18. The molecule has 0 amide bonds. The summed E-state index contributed by atoms with van der Waals surface area (Å²) in [5, 5.41) is 6.46. The second-order valence-corrected chi connectivity index (χ2v) is 8.47. The highest BCUT2D eigenvalue weighted by Gasteiger charge is 2.28. The minimum absolute atomic E-state index is 0.0754. The molecule has 1 fully saturated rings. The Morgan fingerprint density at radius 3 is 2.71 bits per heavy atom. The van der Waals surface area contributed by atoms with Crippen LogP contribution >= 0.6 is 0 Å². The normalized spacial score (nSPS) is 19.2. The Balaban J connectivity index is 1.69. The Morgan fingerprint density at radius 1 is 1.21 bits per heavy atom. The summed E-state index contributed by atoms with van der Waals surface area (Å²) in [5.74, 6) is 1.62. The summed E-state index contributed by atoms with van der Waals surface area (Å²) in [6.45, 7) is 4.62. The molecule has 2 N–H and O–H groups in total. The van der Waals surface area contributed by atoms with Gasteiger partial charge in [-0.15, -0.1) is 0 Å². The van der Waals surface area contributed by atoms with Crippen molar-refractivity contribution in [2.24, 2.45) is 0 Å². The van der Waals surface area contributed by atoms with E-state index < -0.39 is 9.84 Å². The van der Waals surface area contributed by atoms with E-state index in [2.05, 4.69) is 39.7 Å². The molecule has 1 aliphatic heterocycles. The number of hydrogen-bond acceptors (Lipinski definition) is 6. The molecule has 1 unspecified atom stereocenters. The van der Waals surface area contributed by atoms with Gasteiger partial charge in [-0.3, -0.25) is 0 Å². The van der Waals surface area contributed by atoms with Crippen LogP contribution in [0.2, 0.25) is 0 Å². The average molecular weight is 346 g/mol. The van der Waals surface area contributed by atoms with Gasteiger partial charge in [0.15, 0.2) is 9.84 Å². The topological polar surface area (TPSA) is 84.0 Å². The zero-order chi connectivity index (χ0) is 17.2. The first-order chi connectivity index (χ1) is 11.4. The lowest BCUT2D eigenvalue weighted by atomic mass is 10.1. The van der Waals surface area contributed by atoms with Gasteiger partial charge in [-0.25, -0.2) is 13.4 Å². The number of anilines is 2. The van der Waals surface area contributed by atoms with Crippen LogP contribution in [0.15, 0.2) is 30.3 Å². The number of hydrogen-bond donors (Lipinski definition) is 2. The van der Waals surface area contributed by atoms with Gasteiger partial charge in [0.25, 0.3) is 0 Å². The van der Waals surface area contributed by atoms with E-state index in [0.717, 1.165) is 5.69 Å². The van der Waals surface area contributed by atoms with Crippen LogP contribution in [0.3, 0.4) is 0 Å². The number of nitrogens with one attached hydrogen (secondary N) is 2. The third-order valence-electron chi connectivity index (χ3n) is 4.14. The zero-order valence-electron chi connectivity index (χ0n) is 13.9. The Bertz CT molecular complexity index is 836. The summed E-state index contributed by atoms with van der Waals surface area (Å²) in [6.07, 6.45) is 0.622. The molecule has 1 atom stereocenters. The minimum atomic E-state index is -2.91. The molecule has 0 aliphatic carbocycles. The van der Waals surface area contributed by atoms with Crippen molar-refractivity contribution in [3.8, 4) is 0 Å². The van der Waals surface area contributed by atoms with E-state index in [0.29, 0.717) is 24.7 Å². The number of sulfone groups is 1. The van der Waals surface area contributed by atoms with Crippen LogP contribution in [-0.4, -0.2) is 35.9 Å². The molecule has 6 nitrogen and oxygen atoms in total. The fourth-order valence-electron chi connectivity index (χ4n) is 2.82. The van der Waals surface area contributed by atoms with Crippen molar-refractivity contribution in [2.45, 2.75) is 32.9 Å². The molecule has 0 radical (unpaired) electrons. The van der Waals surface area contributed by atoms with Crippen LogP contribution < -0.4 is 10.6 Å². The van der Waals surface area contributed by atoms with Gasteiger partial charge in [0.1, 0.15) is 5.82 Å². The molecule has 1 aromatic heterocycles. The summed E-state index contributed by atoms with van der Waals surface area (Å²) in [4.78, 5) is 8.86. The third kappa shape index (κ3) is 4.23. The van der Waals surface area contributed by atoms with Gasteiger partial charge >= 0.3 is 0 Å². The molecule has 0 saturated carbocycles. The maximum atomic E-state index is 11.6. The van der Waals surface area contributed by atoms with Gasteiger partial charge in [0.2, 0.25) is 5.95 Å².